The number of hydrogen-bond donors (Lipinski definition) is 0. The van der Waals surface area contributed by atoms with Crippen LogP contribution in [-0.2, 0) is 9.53 Å². The Balaban J connectivity index is 1.79. The van der Waals surface area contributed by atoms with E-state index in [1.165, 1.54) is 11.3 Å². The van der Waals surface area contributed by atoms with Crippen LogP contribution < -0.4 is 29.1 Å². The fraction of sp³-hybridized carbons (Fsp3) is 0.258. The van der Waals surface area contributed by atoms with Gasteiger partial charge in [0, 0.05) is 10.9 Å². The van der Waals surface area contributed by atoms with Crippen molar-refractivity contribution in [1.29, 1.82) is 0 Å². The Morgan fingerprint density at radius 2 is 1.73 bits per heavy atom. The molecule has 206 valence electrons. The predicted octanol–water partition coefficient (Wildman–Crippen LogP) is 4.37. The molecule has 4 aromatic rings. The highest BCUT2D eigenvalue weighted by atomic mass is 32.1. The van der Waals surface area contributed by atoms with Crippen LogP contribution in [0.4, 0.5) is 0 Å². The van der Waals surface area contributed by atoms with Crippen LogP contribution >= 0.6 is 11.3 Å². The number of carbonyl (C=O) groups is 1. The van der Waals surface area contributed by atoms with Crippen LogP contribution in [0, 0.1) is 0 Å². The Morgan fingerprint density at radius 3 is 2.42 bits per heavy atom. The number of aromatic nitrogens is 1. The van der Waals surface area contributed by atoms with Gasteiger partial charge in [-0.1, -0.05) is 53.8 Å². The van der Waals surface area contributed by atoms with Gasteiger partial charge in [0.25, 0.3) is 5.56 Å². The van der Waals surface area contributed by atoms with Crippen molar-refractivity contribution in [3.8, 4) is 17.2 Å². The molecular formula is C31H30N2O6S. The topological polar surface area (TPSA) is 88.4 Å². The first-order valence-corrected chi connectivity index (χ1v) is 13.8. The molecular weight excluding hydrogens is 528 g/mol. The van der Waals surface area contributed by atoms with Crippen LogP contribution in [0.3, 0.4) is 0 Å². The molecule has 1 atom stereocenters. The van der Waals surface area contributed by atoms with E-state index in [-0.39, 0.29) is 17.7 Å². The zero-order chi connectivity index (χ0) is 28.4. The Hall–Kier alpha value is -4.37. The number of allylic oxidation sites excluding steroid dienone is 1. The lowest BCUT2D eigenvalue weighted by Gasteiger charge is -2.26. The van der Waals surface area contributed by atoms with Gasteiger partial charge in [-0.25, -0.2) is 9.79 Å². The molecule has 0 saturated carbocycles. The molecule has 0 spiro atoms. The maximum atomic E-state index is 14.1. The number of carbonyl (C=O) groups excluding carboxylic acids is 1. The van der Waals surface area contributed by atoms with Crippen LogP contribution in [-0.4, -0.2) is 38.0 Å². The van der Waals surface area contributed by atoms with Crippen molar-refractivity contribution in [3.63, 3.8) is 0 Å². The van der Waals surface area contributed by atoms with Crippen LogP contribution in [0.1, 0.15) is 37.9 Å². The second-order valence-corrected chi connectivity index (χ2v) is 10.0. The molecule has 9 heteroatoms. The first-order valence-electron chi connectivity index (χ1n) is 13.0. The van der Waals surface area contributed by atoms with E-state index in [2.05, 4.69) is 4.99 Å². The number of hydrogen-bond acceptors (Lipinski definition) is 8. The van der Waals surface area contributed by atoms with Gasteiger partial charge < -0.3 is 18.9 Å². The lowest BCUT2D eigenvalue weighted by Crippen LogP contribution is -2.40. The molecule has 1 aliphatic heterocycles. The standard InChI is InChI=1S/C31H30N2O6S/c1-6-38-28-22(13-10-14-24(28)37-5)27-26(30(35)39-7-2)18(3)32-31-33(27)29(34)25(40-31)17-19-15-16-23(36-4)21-12-9-8-11-20(19)21/h8-17,27H,6-7H2,1-5H3/b25-17+/t27-/m0/s1. The zero-order valence-electron chi connectivity index (χ0n) is 23.0. The zero-order valence-corrected chi connectivity index (χ0v) is 23.8. The van der Waals surface area contributed by atoms with Crippen molar-refractivity contribution in [3.05, 3.63) is 96.7 Å². The SMILES string of the molecule is CCOC(=O)C1=C(C)N=c2s/c(=C/c3ccc(OC)c4ccccc34)c(=O)n2[C@H]1c1cccc(OC)c1OCC. The number of ether oxygens (including phenoxy) is 4. The van der Waals surface area contributed by atoms with Crippen molar-refractivity contribution in [2.75, 3.05) is 27.4 Å². The molecule has 0 fully saturated rings. The number of thiazole rings is 1. The van der Waals surface area contributed by atoms with E-state index in [4.69, 9.17) is 18.9 Å². The summed E-state index contributed by atoms with van der Waals surface area (Å²) in [4.78, 5) is 32.6. The summed E-state index contributed by atoms with van der Waals surface area (Å²) in [5, 5.41) is 1.90. The summed E-state index contributed by atoms with van der Waals surface area (Å²) < 4.78 is 24.6. The quantitative estimate of drug-likeness (QED) is 0.299. The van der Waals surface area contributed by atoms with Gasteiger partial charge in [-0.2, -0.15) is 0 Å². The lowest BCUT2D eigenvalue weighted by atomic mass is 9.94. The van der Waals surface area contributed by atoms with Crippen molar-refractivity contribution in [2.45, 2.75) is 26.8 Å². The van der Waals surface area contributed by atoms with Gasteiger partial charge in [-0.05, 0) is 49.9 Å². The molecule has 3 aromatic carbocycles. The summed E-state index contributed by atoms with van der Waals surface area (Å²) in [6.45, 7) is 5.93. The maximum Gasteiger partial charge on any atom is 0.338 e. The number of fused-ring (bicyclic) bond motifs is 2. The van der Waals surface area contributed by atoms with E-state index in [1.807, 2.05) is 61.5 Å². The van der Waals surface area contributed by atoms with Crippen LogP contribution in [0.2, 0.25) is 0 Å². The smallest absolute Gasteiger partial charge is 0.338 e. The summed E-state index contributed by atoms with van der Waals surface area (Å²) in [5.41, 5.74) is 1.98. The summed E-state index contributed by atoms with van der Waals surface area (Å²) >= 11 is 1.27. The van der Waals surface area contributed by atoms with Gasteiger partial charge in [0.1, 0.15) is 11.8 Å². The average molecular weight is 559 g/mol. The van der Waals surface area contributed by atoms with Gasteiger partial charge in [-0.3, -0.25) is 9.36 Å². The molecule has 8 nitrogen and oxygen atoms in total. The summed E-state index contributed by atoms with van der Waals surface area (Å²) in [6.07, 6.45) is 1.86. The van der Waals surface area contributed by atoms with Crippen molar-refractivity contribution in [1.82, 2.24) is 4.57 Å². The largest absolute Gasteiger partial charge is 0.496 e. The van der Waals surface area contributed by atoms with E-state index in [0.29, 0.717) is 38.7 Å². The third-order valence-corrected chi connectivity index (χ3v) is 7.74. The number of methoxy groups -OCH3 is 2. The highest BCUT2D eigenvalue weighted by Gasteiger charge is 2.36. The highest BCUT2D eigenvalue weighted by Crippen LogP contribution is 2.40. The van der Waals surface area contributed by atoms with E-state index >= 15 is 0 Å². The minimum Gasteiger partial charge on any atom is -0.496 e. The molecule has 0 radical (unpaired) electrons. The molecule has 1 aromatic heterocycles. The Kier molecular flexibility index (Phi) is 7.75. The number of para-hydroxylation sites is 1. The first kappa shape index (κ1) is 27.2. The fourth-order valence-electron chi connectivity index (χ4n) is 5.03. The summed E-state index contributed by atoms with van der Waals surface area (Å²) in [7, 11) is 3.19. The molecule has 40 heavy (non-hydrogen) atoms. The lowest BCUT2D eigenvalue weighted by molar-refractivity contribution is -0.139. The number of rotatable bonds is 8. The molecule has 1 aliphatic rings. The van der Waals surface area contributed by atoms with E-state index in [0.717, 1.165) is 22.1 Å². The van der Waals surface area contributed by atoms with Crippen molar-refractivity contribution >= 4 is 34.2 Å². The van der Waals surface area contributed by atoms with E-state index in [1.54, 1.807) is 38.7 Å². The average Bonchev–Trinajstić information content (AvgIpc) is 3.26. The first-order chi connectivity index (χ1) is 19.4. The fourth-order valence-corrected chi connectivity index (χ4v) is 6.07. The van der Waals surface area contributed by atoms with Crippen LogP contribution in [0.25, 0.3) is 16.8 Å². The number of esters is 1. The van der Waals surface area contributed by atoms with Gasteiger partial charge in [0.15, 0.2) is 16.3 Å². The normalized spacial score (nSPS) is 15.0. The van der Waals surface area contributed by atoms with Gasteiger partial charge in [-0.15, -0.1) is 0 Å². The minimum absolute atomic E-state index is 0.188. The second kappa shape index (κ2) is 11.4. The molecule has 0 saturated heterocycles. The third kappa shape index (κ3) is 4.66. The van der Waals surface area contributed by atoms with Crippen molar-refractivity contribution < 1.29 is 23.7 Å². The van der Waals surface area contributed by atoms with Crippen molar-refractivity contribution in [2.24, 2.45) is 4.99 Å². The Bertz CT molecular complexity index is 1820. The molecule has 0 unspecified atom stereocenters. The molecule has 2 heterocycles. The maximum absolute atomic E-state index is 14.1. The number of benzene rings is 3. The second-order valence-electron chi connectivity index (χ2n) is 9.02. The van der Waals surface area contributed by atoms with Gasteiger partial charge in [0.2, 0.25) is 0 Å². The van der Waals surface area contributed by atoms with Crippen LogP contribution in [0.5, 0.6) is 17.2 Å². The molecule has 0 aliphatic carbocycles. The Labute approximate surface area is 235 Å². The van der Waals surface area contributed by atoms with E-state index in [9.17, 15) is 9.59 Å². The molecule has 5 rings (SSSR count). The molecule has 0 bridgehead atoms. The van der Waals surface area contributed by atoms with E-state index < -0.39 is 12.0 Å². The molecule has 0 N–H and O–H groups in total. The molecule has 0 amide bonds. The summed E-state index contributed by atoms with van der Waals surface area (Å²) in [6, 6.07) is 16.3. The number of nitrogens with zero attached hydrogens (tertiary/aromatic N) is 2. The third-order valence-electron chi connectivity index (χ3n) is 6.75. The van der Waals surface area contributed by atoms with Crippen LogP contribution in [0.15, 0.2) is 75.7 Å². The predicted molar refractivity (Wildman–Crippen MR) is 155 cm³/mol. The monoisotopic (exact) mass is 558 g/mol. The van der Waals surface area contributed by atoms with Gasteiger partial charge >= 0.3 is 5.97 Å². The summed E-state index contributed by atoms with van der Waals surface area (Å²) in [5.74, 6) is 1.19. The van der Waals surface area contributed by atoms with Gasteiger partial charge in [0.05, 0.1) is 43.2 Å². The highest BCUT2D eigenvalue weighted by molar-refractivity contribution is 7.07. The minimum atomic E-state index is -0.818. The Morgan fingerprint density at radius 1 is 0.975 bits per heavy atom.